The minimum Gasteiger partial charge on any atom is -0.455 e. The van der Waals surface area contributed by atoms with Crippen LogP contribution in [0.15, 0.2) is 71.6 Å². The van der Waals surface area contributed by atoms with Crippen LogP contribution in [0.5, 0.6) is 5.75 Å². The third-order valence-electron chi connectivity index (χ3n) is 6.28. The van der Waals surface area contributed by atoms with Gasteiger partial charge < -0.3 is 4.74 Å². The Morgan fingerprint density at radius 2 is 1.71 bits per heavy atom. The number of hydrogen-bond donors (Lipinski definition) is 0. The summed E-state index contributed by atoms with van der Waals surface area (Å²) < 4.78 is 19.9. The first-order chi connectivity index (χ1) is 15.1. The van der Waals surface area contributed by atoms with E-state index in [2.05, 4.69) is 31.2 Å². The Bertz CT molecular complexity index is 1170. The molecule has 0 saturated heterocycles. The molecule has 1 heterocycles. The zero-order valence-corrected chi connectivity index (χ0v) is 19.0. The highest BCUT2D eigenvalue weighted by molar-refractivity contribution is 7.95. The fourth-order valence-corrected chi connectivity index (χ4v) is 5.90. The zero-order valence-electron chi connectivity index (χ0n) is 18.2. The molecule has 2 aliphatic rings. The van der Waals surface area contributed by atoms with Crippen molar-refractivity contribution in [2.45, 2.75) is 50.8 Å². The molecule has 1 aliphatic carbocycles. The Balaban J connectivity index is 1.46. The molecule has 1 aliphatic heterocycles. The van der Waals surface area contributed by atoms with Crippen LogP contribution >= 0.6 is 0 Å². The molecule has 1 unspecified atom stereocenters. The Kier molecular flexibility index (Phi) is 5.54. The van der Waals surface area contributed by atoms with Crippen LogP contribution in [0.3, 0.4) is 0 Å². The topological polar surface area (TPSA) is 26.3 Å². The monoisotopic (exact) mass is 428 g/mol. The normalized spacial score (nSPS) is 17.7. The van der Waals surface area contributed by atoms with Crippen molar-refractivity contribution in [3.8, 4) is 5.75 Å². The number of rotatable bonds is 7. The van der Waals surface area contributed by atoms with Crippen molar-refractivity contribution in [3.05, 3.63) is 94.5 Å². The van der Waals surface area contributed by atoms with Crippen LogP contribution in [0, 0.1) is 19.8 Å². The van der Waals surface area contributed by atoms with Crippen LogP contribution in [0.25, 0.3) is 10.7 Å². The van der Waals surface area contributed by atoms with E-state index in [0.717, 1.165) is 50.1 Å². The number of hydrogen-bond acceptors (Lipinski definition) is 2. The van der Waals surface area contributed by atoms with Crippen molar-refractivity contribution in [1.82, 2.24) is 0 Å². The lowest BCUT2D eigenvalue weighted by Crippen LogP contribution is -1.98. The first-order valence-electron chi connectivity index (χ1n) is 11.2. The fourth-order valence-electron chi connectivity index (χ4n) is 4.28. The third-order valence-corrected chi connectivity index (χ3v) is 7.79. The van der Waals surface area contributed by atoms with Crippen LogP contribution in [0.2, 0.25) is 0 Å². The summed E-state index contributed by atoms with van der Waals surface area (Å²) in [6.07, 6.45) is 6.59. The van der Waals surface area contributed by atoms with E-state index >= 15 is 0 Å². The molecule has 3 heteroatoms. The van der Waals surface area contributed by atoms with E-state index in [0.29, 0.717) is 5.76 Å². The Morgan fingerprint density at radius 1 is 0.935 bits per heavy atom. The molecule has 31 heavy (non-hydrogen) atoms. The third kappa shape index (κ3) is 4.24. The van der Waals surface area contributed by atoms with Crippen LogP contribution < -0.4 is 4.74 Å². The zero-order chi connectivity index (χ0) is 21.4. The van der Waals surface area contributed by atoms with Gasteiger partial charge in [-0.25, -0.2) is 4.21 Å². The molecule has 0 N–H and O–H groups in total. The molecule has 0 amide bonds. The molecule has 1 saturated carbocycles. The van der Waals surface area contributed by atoms with Gasteiger partial charge in [-0.05, 0) is 79.1 Å². The molecule has 0 bridgehead atoms. The summed E-state index contributed by atoms with van der Waals surface area (Å²) in [5.41, 5.74) is 5.47. The molecule has 0 radical (unpaired) electrons. The molecular formula is C28H28O2S. The van der Waals surface area contributed by atoms with Crippen molar-refractivity contribution >= 4 is 21.5 Å². The van der Waals surface area contributed by atoms with Gasteiger partial charge in [-0.3, -0.25) is 0 Å². The SMILES string of the molecule is Cc1ccc2c(c1)S(=O)C(c1ccccc1C)=C2Oc1ccc(CCCC2CC2)cc1. The lowest BCUT2D eigenvalue weighted by Gasteiger charge is -2.12. The second-order valence-electron chi connectivity index (χ2n) is 8.82. The summed E-state index contributed by atoms with van der Waals surface area (Å²) in [6, 6.07) is 22.6. The molecule has 158 valence electrons. The Morgan fingerprint density at radius 3 is 2.45 bits per heavy atom. The summed E-state index contributed by atoms with van der Waals surface area (Å²) in [7, 11) is -1.26. The van der Waals surface area contributed by atoms with Gasteiger partial charge in [0.1, 0.15) is 5.75 Å². The number of fused-ring (bicyclic) bond motifs is 1. The van der Waals surface area contributed by atoms with Crippen LogP contribution in [0.4, 0.5) is 0 Å². The van der Waals surface area contributed by atoms with Gasteiger partial charge in [-0.2, -0.15) is 0 Å². The van der Waals surface area contributed by atoms with E-state index in [1.54, 1.807) is 0 Å². The molecule has 5 rings (SSSR count). The number of aryl methyl sites for hydroxylation is 3. The molecule has 1 fully saturated rings. The summed E-state index contributed by atoms with van der Waals surface area (Å²) >= 11 is 0. The second-order valence-corrected chi connectivity index (χ2v) is 10.2. The molecule has 2 nitrogen and oxygen atoms in total. The van der Waals surface area contributed by atoms with Crippen molar-refractivity contribution in [3.63, 3.8) is 0 Å². The van der Waals surface area contributed by atoms with E-state index in [1.165, 1.54) is 31.2 Å². The average Bonchev–Trinajstić information content (AvgIpc) is 3.56. The average molecular weight is 429 g/mol. The highest BCUT2D eigenvalue weighted by Gasteiger charge is 2.32. The number of benzene rings is 3. The maximum atomic E-state index is 13.5. The number of ether oxygens (including phenoxy) is 1. The van der Waals surface area contributed by atoms with E-state index < -0.39 is 10.8 Å². The van der Waals surface area contributed by atoms with Crippen molar-refractivity contribution in [2.75, 3.05) is 0 Å². The molecule has 0 aromatic heterocycles. The van der Waals surface area contributed by atoms with Crippen LogP contribution in [-0.2, 0) is 17.2 Å². The van der Waals surface area contributed by atoms with E-state index in [4.69, 9.17) is 4.74 Å². The fraction of sp³-hybridized carbons (Fsp3) is 0.286. The Hall–Kier alpha value is -2.65. The first kappa shape index (κ1) is 20.3. The van der Waals surface area contributed by atoms with E-state index in [1.807, 2.05) is 49.4 Å². The highest BCUT2D eigenvalue weighted by Crippen LogP contribution is 2.44. The van der Waals surface area contributed by atoms with Crippen molar-refractivity contribution in [2.24, 2.45) is 5.92 Å². The molecular weight excluding hydrogens is 400 g/mol. The van der Waals surface area contributed by atoms with E-state index in [-0.39, 0.29) is 0 Å². The second kappa shape index (κ2) is 8.47. The highest BCUT2D eigenvalue weighted by atomic mass is 32.2. The quantitative estimate of drug-likeness (QED) is 0.402. The summed E-state index contributed by atoms with van der Waals surface area (Å²) in [5.74, 6) is 2.49. The maximum absolute atomic E-state index is 13.5. The lowest BCUT2D eigenvalue weighted by atomic mass is 10.0. The van der Waals surface area contributed by atoms with Crippen molar-refractivity contribution in [1.29, 1.82) is 0 Å². The van der Waals surface area contributed by atoms with Gasteiger partial charge in [0.05, 0.1) is 20.6 Å². The first-order valence-corrected chi connectivity index (χ1v) is 12.3. The van der Waals surface area contributed by atoms with Crippen LogP contribution in [-0.4, -0.2) is 4.21 Å². The predicted molar refractivity (Wildman–Crippen MR) is 128 cm³/mol. The predicted octanol–water partition coefficient (Wildman–Crippen LogP) is 7.06. The minimum atomic E-state index is -1.26. The lowest BCUT2D eigenvalue weighted by molar-refractivity contribution is 0.516. The summed E-state index contributed by atoms with van der Waals surface area (Å²) in [5, 5.41) is 0. The smallest absolute Gasteiger partial charge is 0.152 e. The molecule has 3 aromatic rings. The Labute approximate surface area is 187 Å². The van der Waals surface area contributed by atoms with Gasteiger partial charge >= 0.3 is 0 Å². The summed E-state index contributed by atoms with van der Waals surface area (Å²) in [4.78, 5) is 1.61. The van der Waals surface area contributed by atoms with E-state index in [9.17, 15) is 4.21 Å². The van der Waals surface area contributed by atoms with Gasteiger partial charge in [-0.15, -0.1) is 0 Å². The molecule has 1 atom stereocenters. The van der Waals surface area contributed by atoms with Crippen LogP contribution in [0.1, 0.15) is 53.5 Å². The van der Waals surface area contributed by atoms with Gasteiger partial charge in [-0.1, -0.05) is 61.7 Å². The largest absolute Gasteiger partial charge is 0.455 e. The maximum Gasteiger partial charge on any atom is 0.152 e. The van der Waals surface area contributed by atoms with Gasteiger partial charge in [0.15, 0.2) is 5.76 Å². The summed E-state index contributed by atoms with van der Waals surface area (Å²) in [6.45, 7) is 4.09. The molecule has 0 spiro atoms. The standard InChI is InChI=1S/C28H28O2S/c1-19-10-17-25-26(18-19)31(29)28(24-9-4-3-6-20(24)2)27(25)30-23-15-13-22(14-16-23)8-5-7-21-11-12-21/h3-4,6,9-10,13-18,21H,5,7-8,11-12H2,1-2H3. The van der Waals surface area contributed by atoms with Crippen molar-refractivity contribution < 1.29 is 8.95 Å². The minimum absolute atomic E-state index is 0.712. The van der Waals surface area contributed by atoms with Gasteiger partial charge in [0, 0.05) is 5.56 Å². The van der Waals surface area contributed by atoms with Gasteiger partial charge in [0.2, 0.25) is 0 Å². The van der Waals surface area contributed by atoms with Gasteiger partial charge in [0.25, 0.3) is 0 Å². The molecule has 3 aromatic carbocycles.